The molecule has 1 N–H and O–H groups in total. The van der Waals surface area contributed by atoms with Crippen LogP contribution in [0.3, 0.4) is 0 Å². The van der Waals surface area contributed by atoms with Crippen molar-refractivity contribution in [2.24, 2.45) is 5.92 Å². The van der Waals surface area contributed by atoms with Crippen LogP contribution >= 0.6 is 11.8 Å². The molecule has 0 spiro atoms. The van der Waals surface area contributed by atoms with Crippen LogP contribution in [0.25, 0.3) is 0 Å². The molecule has 1 aliphatic carbocycles. The molecule has 0 bridgehead atoms. The first-order chi connectivity index (χ1) is 6.93. The number of aliphatic carboxylic acids is 1. The van der Waals surface area contributed by atoms with Gasteiger partial charge in [-0.3, -0.25) is 9.59 Å². The fraction of sp³-hybridized carbons (Fsp3) is 0.818. The zero-order valence-electron chi connectivity index (χ0n) is 9.28. The van der Waals surface area contributed by atoms with Crippen molar-refractivity contribution in [3.05, 3.63) is 0 Å². The van der Waals surface area contributed by atoms with Gasteiger partial charge < -0.3 is 5.11 Å². The van der Waals surface area contributed by atoms with Gasteiger partial charge in [0.25, 0.3) is 0 Å². The Morgan fingerprint density at radius 3 is 2.20 bits per heavy atom. The molecule has 3 nitrogen and oxygen atoms in total. The first kappa shape index (κ1) is 12.6. The summed E-state index contributed by atoms with van der Waals surface area (Å²) in [4.78, 5) is 22.7. The van der Waals surface area contributed by atoms with Crippen molar-refractivity contribution in [1.82, 2.24) is 0 Å². The lowest BCUT2D eigenvalue weighted by Crippen LogP contribution is -2.31. The summed E-state index contributed by atoms with van der Waals surface area (Å²) in [5.41, 5.74) is 0. The third-order valence-corrected chi connectivity index (χ3v) is 4.03. The molecule has 15 heavy (non-hydrogen) atoms. The largest absolute Gasteiger partial charge is 0.480 e. The fourth-order valence-electron chi connectivity index (χ4n) is 1.72. The van der Waals surface area contributed by atoms with Crippen LogP contribution in [0.2, 0.25) is 0 Å². The van der Waals surface area contributed by atoms with E-state index in [1.54, 1.807) is 13.8 Å². The van der Waals surface area contributed by atoms with Crippen LogP contribution in [0.5, 0.6) is 0 Å². The Bertz CT molecular complexity index is 255. The summed E-state index contributed by atoms with van der Waals surface area (Å²) >= 11 is 0.978. The Balaban J connectivity index is 2.50. The number of hydrogen-bond acceptors (Lipinski definition) is 3. The van der Waals surface area contributed by atoms with Crippen LogP contribution < -0.4 is 0 Å². The number of carboxylic acid groups (broad SMARTS) is 1. The van der Waals surface area contributed by atoms with Gasteiger partial charge in [0.15, 0.2) is 5.12 Å². The van der Waals surface area contributed by atoms with Crippen LogP contribution in [0.4, 0.5) is 0 Å². The van der Waals surface area contributed by atoms with E-state index >= 15 is 0 Å². The van der Waals surface area contributed by atoms with Gasteiger partial charge in [-0.25, -0.2) is 0 Å². The summed E-state index contributed by atoms with van der Waals surface area (Å²) in [5.74, 6) is -0.834. The Labute approximate surface area is 94.6 Å². The van der Waals surface area contributed by atoms with Crippen molar-refractivity contribution in [2.75, 3.05) is 0 Å². The molecule has 0 aromatic carbocycles. The summed E-state index contributed by atoms with van der Waals surface area (Å²) < 4.78 is -0.992. The number of carbonyl (C=O) groups is 2. The van der Waals surface area contributed by atoms with Gasteiger partial charge in [-0.05, 0) is 26.7 Å². The minimum absolute atomic E-state index is 0.0575. The lowest BCUT2D eigenvalue weighted by atomic mass is 9.90. The van der Waals surface area contributed by atoms with E-state index in [1.165, 1.54) is 6.42 Å². The van der Waals surface area contributed by atoms with Crippen molar-refractivity contribution in [1.29, 1.82) is 0 Å². The van der Waals surface area contributed by atoms with E-state index in [9.17, 15) is 9.59 Å². The van der Waals surface area contributed by atoms with Crippen molar-refractivity contribution in [3.8, 4) is 0 Å². The zero-order chi connectivity index (χ0) is 11.5. The highest BCUT2D eigenvalue weighted by Gasteiger charge is 2.34. The molecule has 86 valence electrons. The van der Waals surface area contributed by atoms with Crippen LogP contribution in [0, 0.1) is 5.92 Å². The number of thioether (sulfide) groups is 1. The Hall–Kier alpha value is -0.510. The number of carbonyl (C=O) groups excluding carboxylic acids is 1. The maximum Gasteiger partial charge on any atom is 0.319 e. The summed E-state index contributed by atoms with van der Waals surface area (Å²) in [6.07, 6.45) is 5.27. The monoisotopic (exact) mass is 230 g/mol. The predicted molar refractivity (Wildman–Crippen MR) is 60.9 cm³/mol. The molecule has 0 aliphatic heterocycles. The van der Waals surface area contributed by atoms with E-state index in [4.69, 9.17) is 5.11 Å². The van der Waals surface area contributed by atoms with Gasteiger partial charge in [0.2, 0.25) is 0 Å². The van der Waals surface area contributed by atoms with Crippen LogP contribution in [0.1, 0.15) is 46.0 Å². The molecule has 1 fully saturated rings. The number of rotatable bonds is 3. The molecule has 0 radical (unpaired) electrons. The second kappa shape index (κ2) is 5.01. The third-order valence-electron chi connectivity index (χ3n) is 2.81. The second-order valence-corrected chi connectivity index (χ2v) is 6.20. The summed E-state index contributed by atoms with van der Waals surface area (Å²) in [6, 6.07) is 0. The van der Waals surface area contributed by atoms with Crippen molar-refractivity contribution in [2.45, 2.75) is 50.7 Å². The molecular weight excluding hydrogens is 212 g/mol. The molecule has 0 heterocycles. The smallest absolute Gasteiger partial charge is 0.319 e. The Morgan fingerprint density at radius 1 is 1.20 bits per heavy atom. The van der Waals surface area contributed by atoms with Gasteiger partial charge in [0.05, 0.1) is 0 Å². The SMILES string of the molecule is CC(C)(SC(=O)C1CCCCC1)C(=O)O. The average Bonchev–Trinajstić information content (AvgIpc) is 2.18. The van der Waals surface area contributed by atoms with Crippen LogP contribution in [0.15, 0.2) is 0 Å². The molecule has 4 heteroatoms. The molecule has 1 aliphatic rings. The van der Waals surface area contributed by atoms with Gasteiger partial charge in [-0.2, -0.15) is 0 Å². The molecule has 0 amide bonds. The van der Waals surface area contributed by atoms with Gasteiger partial charge in [-0.15, -0.1) is 0 Å². The average molecular weight is 230 g/mol. The Morgan fingerprint density at radius 2 is 1.73 bits per heavy atom. The summed E-state index contributed by atoms with van der Waals surface area (Å²) in [7, 11) is 0. The number of carboxylic acids is 1. The Kier molecular flexibility index (Phi) is 4.20. The van der Waals surface area contributed by atoms with Gasteiger partial charge in [0.1, 0.15) is 4.75 Å². The highest BCUT2D eigenvalue weighted by Crippen LogP contribution is 2.33. The lowest BCUT2D eigenvalue weighted by Gasteiger charge is -2.24. The molecule has 0 unspecified atom stereocenters. The molecule has 0 saturated heterocycles. The first-order valence-electron chi connectivity index (χ1n) is 5.40. The van der Waals surface area contributed by atoms with Crippen LogP contribution in [-0.4, -0.2) is 20.9 Å². The molecule has 1 saturated carbocycles. The van der Waals surface area contributed by atoms with E-state index in [2.05, 4.69) is 0 Å². The first-order valence-corrected chi connectivity index (χ1v) is 6.21. The van der Waals surface area contributed by atoms with Gasteiger partial charge >= 0.3 is 5.97 Å². The highest BCUT2D eigenvalue weighted by molar-refractivity contribution is 8.15. The molecular formula is C11H18O3S. The van der Waals surface area contributed by atoms with Gasteiger partial charge in [-0.1, -0.05) is 31.0 Å². The normalized spacial score (nSPS) is 18.8. The van der Waals surface area contributed by atoms with Gasteiger partial charge in [0, 0.05) is 5.92 Å². The highest BCUT2D eigenvalue weighted by atomic mass is 32.2. The fourth-order valence-corrected chi connectivity index (χ4v) is 2.71. The minimum atomic E-state index is -0.992. The topological polar surface area (TPSA) is 54.4 Å². The van der Waals surface area contributed by atoms with E-state index in [1.807, 2.05) is 0 Å². The lowest BCUT2D eigenvalue weighted by molar-refractivity contribution is -0.139. The maximum atomic E-state index is 11.8. The second-order valence-electron chi connectivity index (χ2n) is 4.57. The summed E-state index contributed by atoms with van der Waals surface area (Å²) in [5, 5.41) is 8.97. The minimum Gasteiger partial charge on any atom is -0.480 e. The number of hydrogen-bond donors (Lipinski definition) is 1. The summed E-state index contributed by atoms with van der Waals surface area (Å²) in [6.45, 7) is 3.17. The molecule has 0 aromatic heterocycles. The van der Waals surface area contributed by atoms with Crippen molar-refractivity contribution in [3.63, 3.8) is 0 Å². The van der Waals surface area contributed by atoms with Crippen LogP contribution in [-0.2, 0) is 9.59 Å². The molecule has 0 atom stereocenters. The van der Waals surface area contributed by atoms with E-state index in [0.29, 0.717) is 0 Å². The molecule has 1 rings (SSSR count). The zero-order valence-corrected chi connectivity index (χ0v) is 10.1. The standard InChI is InChI=1S/C11H18O3S/c1-11(2,10(13)14)15-9(12)8-6-4-3-5-7-8/h8H,3-7H2,1-2H3,(H,13,14). The van der Waals surface area contributed by atoms with E-state index in [-0.39, 0.29) is 11.0 Å². The third kappa shape index (κ3) is 3.52. The van der Waals surface area contributed by atoms with E-state index in [0.717, 1.165) is 37.4 Å². The maximum absolute atomic E-state index is 11.8. The predicted octanol–water partition coefficient (Wildman–Crippen LogP) is 2.69. The molecule has 0 aromatic rings. The quantitative estimate of drug-likeness (QED) is 0.810. The van der Waals surface area contributed by atoms with Crippen molar-refractivity contribution < 1.29 is 14.7 Å². The van der Waals surface area contributed by atoms with E-state index < -0.39 is 10.7 Å². The van der Waals surface area contributed by atoms with Crippen molar-refractivity contribution >= 4 is 22.8 Å².